The average molecular weight is 497 g/mol. The molecule has 0 spiro atoms. The van der Waals surface area contributed by atoms with Crippen molar-refractivity contribution in [2.45, 2.75) is 58.8 Å². The third-order valence-electron chi connectivity index (χ3n) is 6.22. The standard InChI is InChI=1S/C26H36N6O4/c1-5-21-18-35-25(34)32(21)22-10-11-27-23(29-22)28-16-19-6-8-20(9-7-19)17-30-12-14-31(15-13-30)24(33)36-26(2,3)4/h6-11,21H,5,12-18H2,1-4H3,(H,27,28,29). The van der Waals surface area contributed by atoms with E-state index in [1.54, 1.807) is 22.1 Å². The quantitative estimate of drug-likeness (QED) is 0.617. The van der Waals surface area contributed by atoms with Crippen LogP contribution in [0.1, 0.15) is 45.2 Å². The summed E-state index contributed by atoms with van der Waals surface area (Å²) in [5, 5.41) is 3.24. The van der Waals surface area contributed by atoms with Crippen molar-refractivity contribution in [3.8, 4) is 0 Å². The van der Waals surface area contributed by atoms with Crippen LogP contribution in [0.15, 0.2) is 36.5 Å². The van der Waals surface area contributed by atoms with Crippen LogP contribution >= 0.6 is 0 Å². The van der Waals surface area contributed by atoms with Crippen LogP contribution in [0.2, 0.25) is 0 Å². The zero-order chi connectivity index (χ0) is 25.7. The second-order valence-corrected chi connectivity index (χ2v) is 10.2. The first-order valence-corrected chi connectivity index (χ1v) is 12.5. The highest BCUT2D eigenvalue weighted by molar-refractivity contribution is 5.89. The monoisotopic (exact) mass is 496 g/mol. The van der Waals surface area contributed by atoms with E-state index in [0.29, 0.717) is 38.0 Å². The molecule has 2 fully saturated rings. The highest BCUT2D eigenvalue weighted by atomic mass is 16.6. The molecule has 0 radical (unpaired) electrons. The number of nitrogens with one attached hydrogen (secondary N) is 1. The zero-order valence-corrected chi connectivity index (χ0v) is 21.6. The second kappa shape index (κ2) is 11.1. The smallest absolute Gasteiger partial charge is 0.415 e. The van der Waals surface area contributed by atoms with E-state index in [0.717, 1.165) is 31.6 Å². The maximum atomic E-state index is 12.3. The van der Waals surface area contributed by atoms with Gasteiger partial charge in [-0.2, -0.15) is 4.98 Å². The number of benzene rings is 1. The Bertz CT molecular complexity index is 1050. The molecule has 10 nitrogen and oxygen atoms in total. The van der Waals surface area contributed by atoms with Crippen molar-refractivity contribution in [1.82, 2.24) is 19.8 Å². The van der Waals surface area contributed by atoms with Crippen LogP contribution in [0.3, 0.4) is 0 Å². The number of nitrogens with zero attached hydrogens (tertiary/aromatic N) is 5. The summed E-state index contributed by atoms with van der Waals surface area (Å²) < 4.78 is 10.6. The summed E-state index contributed by atoms with van der Waals surface area (Å²) in [4.78, 5) is 38.9. The molecule has 2 aliphatic rings. The molecule has 1 unspecified atom stereocenters. The van der Waals surface area contributed by atoms with E-state index in [1.165, 1.54) is 5.56 Å². The Morgan fingerprint density at radius 1 is 1.11 bits per heavy atom. The van der Waals surface area contributed by atoms with Gasteiger partial charge in [-0.05, 0) is 44.4 Å². The number of ether oxygens (including phenoxy) is 2. The van der Waals surface area contributed by atoms with Gasteiger partial charge in [-0.3, -0.25) is 9.80 Å². The average Bonchev–Trinajstić information content (AvgIpc) is 3.23. The first-order valence-electron chi connectivity index (χ1n) is 12.5. The van der Waals surface area contributed by atoms with Gasteiger partial charge in [0, 0.05) is 45.5 Å². The summed E-state index contributed by atoms with van der Waals surface area (Å²) >= 11 is 0. The number of carbonyl (C=O) groups excluding carboxylic acids is 2. The molecule has 0 saturated carbocycles. The number of carbonyl (C=O) groups is 2. The lowest BCUT2D eigenvalue weighted by molar-refractivity contribution is 0.0139. The Balaban J connectivity index is 1.25. The number of piperazine rings is 1. The largest absolute Gasteiger partial charge is 0.447 e. The molecule has 0 aliphatic carbocycles. The summed E-state index contributed by atoms with van der Waals surface area (Å²) in [6.45, 7) is 12.5. The molecular weight excluding hydrogens is 460 g/mol. The van der Waals surface area contributed by atoms with Crippen molar-refractivity contribution in [3.05, 3.63) is 47.7 Å². The molecule has 1 aromatic heterocycles. The van der Waals surface area contributed by atoms with Gasteiger partial charge in [0.2, 0.25) is 5.95 Å². The van der Waals surface area contributed by atoms with Crippen molar-refractivity contribution < 1.29 is 19.1 Å². The van der Waals surface area contributed by atoms with Gasteiger partial charge >= 0.3 is 12.2 Å². The Morgan fingerprint density at radius 2 is 1.81 bits per heavy atom. The molecular formula is C26H36N6O4. The molecule has 194 valence electrons. The number of aromatic nitrogens is 2. The lowest BCUT2D eigenvalue weighted by Crippen LogP contribution is -2.49. The van der Waals surface area contributed by atoms with Gasteiger partial charge in [0.15, 0.2) is 0 Å². The number of hydrogen-bond donors (Lipinski definition) is 1. The fourth-order valence-electron chi connectivity index (χ4n) is 4.23. The highest BCUT2D eigenvalue weighted by Gasteiger charge is 2.34. The molecule has 4 rings (SSSR count). The molecule has 2 aliphatic heterocycles. The lowest BCUT2D eigenvalue weighted by atomic mass is 10.1. The minimum atomic E-state index is -0.472. The molecule has 3 heterocycles. The molecule has 1 N–H and O–H groups in total. The molecule has 1 atom stereocenters. The molecule has 1 aromatic carbocycles. The number of cyclic esters (lactones) is 1. The normalized spacial score (nSPS) is 18.8. The van der Waals surface area contributed by atoms with Crippen LogP contribution < -0.4 is 10.2 Å². The Hall–Kier alpha value is -3.40. The fraction of sp³-hybridized carbons (Fsp3) is 0.538. The molecule has 36 heavy (non-hydrogen) atoms. The second-order valence-electron chi connectivity index (χ2n) is 10.2. The van der Waals surface area contributed by atoms with E-state index >= 15 is 0 Å². The van der Waals surface area contributed by atoms with E-state index in [9.17, 15) is 9.59 Å². The van der Waals surface area contributed by atoms with Gasteiger partial charge in [-0.15, -0.1) is 0 Å². The van der Waals surface area contributed by atoms with Crippen molar-refractivity contribution in [3.63, 3.8) is 0 Å². The maximum Gasteiger partial charge on any atom is 0.415 e. The van der Waals surface area contributed by atoms with E-state index in [-0.39, 0.29) is 18.2 Å². The Kier molecular flexibility index (Phi) is 7.93. The van der Waals surface area contributed by atoms with E-state index in [1.807, 2.05) is 27.7 Å². The summed E-state index contributed by atoms with van der Waals surface area (Å²) in [6.07, 6.45) is 1.84. The highest BCUT2D eigenvalue weighted by Crippen LogP contribution is 2.23. The fourth-order valence-corrected chi connectivity index (χ4v) is 4.23. The molecule has 10 heteroatoms. The van der Waals surface area contributed by atoms with E-state index in [4.69, 9.17) is 9.47 Å². The van der Waals surface area contributed by atoms with E-state index in [2.05, 4.69) is 44.5 Å². The van der Waals surface area contributed by atoms with Gasteiger partial charge in [-0.1, -0.05) is 31.2 Å². The molecule has 2 amide bonds. The number of amides is 2. The zero-order valence-electron chi connectivity index (χ0n) is 21.6. The predicted octanol–water partition coefficient (Wildman–Crippen LogP) is 3.88. The third kappa shape index (κ3) is 6.63. The van der Waals surface area contributed by atoms with Crippen LogP contribution in [-0.4, -0.2) is 76.4 Å². The number of hydrogen-bond acceptors (Lipinski definition) is 8. The number of rotatable bonds is 7. The summed E-state index contributed by atoms with van der Waals surface area (Å²) in [7, 11) is 0. The Morgan fingerprint density at radius 3 is 2.47 bits per heavy atom. The Labute approximate surface area is 212 Å². The van der Waals surface area contributed by atoms with Gasteiger partial charge in [0.1, 0.15) is 18.0 Å². The summed E-state index contributed by atoms with van der Waals surface area (Å²) in [6, 6.07) is 10.2. The van der Waals surface area contributed by atoms with Gasteiger partial charge in [0.25, 0.3) is 0 Å². The van der Waals surface area contributed by atoms with Crippen molar-refractivity contribution >= 4 is 24.0 Å². The van der Waals surface area contributed by atoms with Crippen LogP contribution in [0.25, 0.3) is 0 Å². The molecule has 2 saturated heterocycles. The molecule has 2 aromatic rings. The van der Waals surface area contributed by atoms with E-state index < -0.39 is 5.60 Å². The predicted molar refractivity (Wildman–Crippen MR) is 137 cm³/mol. The first kappa shape index (κ1) is 25.7. The minimum Gasteiger partial charge on any atom is -0.447 e. The topological polar surface area (TPSA) is 100 Å². The van der Waals surface area contributed by atoms with Crippen molar-refractivity contribution in [1.29, 1.82) is 0 Å². The van der Waals surface area contributed by atoms with Crippen molar-refractivity contribution in [2.75, 3.05) is 43.0 Å². The van der Waals surface area contributed by atoms with Gasteiger partial charge in [0.05, 0.1) is 6.04 Å². The minimum absolute atomic E-state index is 0.00641. The third-order valence-corrected chi connectivity index (χ3v) is 6.22. The molecule has 0 bridgehead atoms. The van der Waals surface area contributed by atoms with Crippen LogP contribution in [0, 0.1) is 0 Å². The van der Waals surface area contributed by atoms with Crippen LogP contribution in [0.5, 0.6) is 0 Å². The first-order chi connectivity index (χ1) is 17.2. The van der Waals surface area contributed by atoms with Crippen LogP contribution in [0.4, 0.5) is 21.4 Å². The van der Waals surface area contributed by atoms with Gasteiger partial charge < -0.3 is 19.7 Å². The summed E-state index contributed by atoms with van der Waals surface area (Å²) in [5.74, 6) is 1.01. The summed E-state index contributed by atoms with van der Waals surface area (Å²) in [5.41, 5.74) is 1.86. The SMILES string of the molecule is CCC1COC(=O)N1c1ccnc(NCc2ccc(CN3CCN(C(=O)OC(C)(C)C)CC3)cc2)n1. The van der Waals surface area contributed by atoms with Crippen molar-refractivity contribution in [2.24, 2.45) is 0 Å². The van der Waals surface area contributed by atoms with Gasteiger partial charge in [-0.25, -0.2) is 14.6 Å². The number of anilines is 2. The lowest BCUT2D eigenvalue weighted by Gasteiger charge is -2.35. The van der Waals surface area contributed by atoms with Crippen LogP contribution in [-0.2, 0) is 22.6 Å². The maximum absolute atomic E-state index is 12.3.